The summed E-state index contributed by atoms with van der Waals surface area (Å²) in [5.74, 6) is -0.618. The first-order valence-corrected chi connectivity index (χ1v) is 11.2. The molecule has 3 aromatic carbocycles. The number of fused-ring (bicyclic) bond motifs is 1. The Bertz CT molecular complexity index is 1340. The molecule has 8 heteroatoms. The maximum atomic E-state index is 13.3. The monoisotopic (exact) mass is 455 g/mol. The third-order valence-electron chi connectivity index (χ3n) is 6.26. The molecule has 1 amide bonds. The van der Waals surface area contributed by atoms with Gasteiger partial charge in [-0.25, -0.2) is 0 Å². The number of hydrogen-bond donors (Lipinski definition) is 1. The zero-order chi connectivity index (χ0) is 23.7. The van der Waals surface area contributed by atoms with E-state index in [1.165, 1.54) is 12.6 Å². The lowest BCUT2D eigenvalue weighted by Crippen LogP contribution is -2.48. The molecular formula is C26H25N5O3. The van der Waals surface area contributed by atoms with Gasteiger partial charge in [-0.3, -0.25) is 4.79 Å². The van der Waals surface area contributed by atoms with Gasteiger partial charge in [0.25, 0.3) is 16.7 Å². The molecule has 0 spiro atoms. The Kier molecular flexibility index (Phi) is 5.63. The van der Waals surface area contributed by atoms with Crippen molar-refractivity contribution < 1.29 is 14.3 Å². The molecule has 1 saturated heterocycles. The van der Waals surface area contributed by atoms with Gasteiger partial charge in [-0.15, -0.1) is 4.73 Å². The lowest BCUT2D eigenvalue weighted by molar-refractivity contribution is -0.635. The van der Waals surface area contributed by atoms with Crippen LogP contribution in [0.15, 0.2) is 78.9 Å². The molecule has 1 fully saturated rings. The van der Waals surface area contributed by atoms with Crippen molar-refractivity contribution in [2.45, 2.75) is 6.92 Å². The predicted molar refractivity (Wildman–Crippen MR) is 132 cm³/mol. The van der Waals surface area contributed by atoms with Crippen LogP contribution in [0, 0.1) is 17.3 Å². The molecule has 0 radical (unpaired) electrons. The average Bonchev–Trinajstić information content (AvgIpc) is 2.88. The maximum Gasteiger partial charge on any atom is 0.351 e. The number of carbonyl (C=O) groups is 1. The van der Waals surface area contributed by atoms with E-state index in [0.717, 1.165) is 31.9 Å². The van der Waals surface area contributed by atoms with Gasteiger partial charge in [0.1, 0.15) is 0 Å². The number of amides is 1. The van der Waals surface area contributed by atoms with E-state index in [1.54, 1.807) is 36.4 Å². The molecule has 172 valence electrons. The fraction of sp³-hybridized carbons (Fsp3) is 0.192. The van der Waals surface area contributed by atoms with Crippen molar-refractivity contribution in [1.82, 2.24) is 0 Å². The molecule has 1 aromatic heterocycles. The molecule has 5 rings (SSSR count). The molecule has 0 atom stereocenters. The van der Waals surface area contributed by atoms with E-state index < -0.39 is 5.91 Å². The van der Waals surface area contributed by atoms with Crippen LogP contribution < -0.4 is 24.6 Å². The summed E-state index contributed by atoms with van der Waals surface area (Å²) in [7, 11) is 0. The van der Waals surface area contributed by atoms with Gasteiger partial charge in [-0.2, -0.15) is 4.73 Å². The lowest BCUT2D eigenvalue weighted by atomic mass is 10.2. The number of para-hydroxylation sites is 2. The minimum Gasteiger partial charge on any atom is -0.618 e. The minimum atomic E-state index is -0.618. The number of benzene rings is 3. The normalized spacial score (nSPS) is 13.8. The zero-order valence-electron chi connectivity index (χ0n) is 18.8. The summed E-state index contributed by atoms with van der Waals surface area (Å²) in [4.78, 5) is 17.4. The predicted octanol–water partition coefficient (Wildman–Crippen LogP) is 2.99. The highest BCUT2D eigenvalue weighted by Gasteiger charge is 2.31. The Morgan fingerprint density at radius 2 is 1.35 bits per heavy atom. The fourth-order valence-corrected chi connectivity index (χ4v) is 4.42. The summed E-state index contributed by atoms with van der Waals surface area (Å²) in [5.41, 5.74) is 2.84. The van der Waals surface area contributed by atoms with Gasteiger partial charge in [-0.1, -0.05) is 36.4 Å². The second-order valence-corrected chi connectivity index (χ2v) is 8.33. The third kappa shape index (κ3) is 3.94. The van der Waals surface area contributed by atoms with Gasteiger partial charge >= 0.3 is 11.6 Å². The molecule has 8 nitrogen and oxygen atoms in total. The molecular weight excluding hydrogens is 430 g/mol. The SMILES string of the molecule is Cc1c(C(=O)Nc2ccccc2)[n+]([O-])c2cc(N3CCN(c4ccccc4)CC3)ccc2[n+]1[O-]. The Balaban J connectivity index is 1.44. The highest BCUT2D eigenvalue weighted by atomic mass is 16.5. The van der Waals surface area contributed by atoms with Crippen LogP contribution in [0.2, 0.25) is 0 Å². The van der Waals surface area contributed by atoms with E-state index in [2.05, 4.69) is 27.2 Å². The first-order chi connectivity index (χ1) is 16.5. The first-order valence-electron chi connectivity index (χ1n) is 11.2. The van der Waals surface area contributed by atoms with Crippen LogP contribution in [0.25, 0.3) is 11.0 Å². The van der Waals surface area contributed by atoms with E-state index in [9.17, 15) is 15.2 Å². The molecule has 1 aliphatic rings. The van der Waals surface area contributed by atoms with E-state index in [0.29, 0.717) is 15.1 Å². The molecule has 2 heterocycles. The summed E-state index contributed by atoms with van der Waals surface area (Å²) in [5, 5.41) is 28.9. The Labute approximate surface area is 197 Å². The van der Waals surface area contributed by atoms with Crippen LogP contribution >= 0.6 is 0 Å². The first kappa shape index (κ1) is 21.5. The van der Waals surface area contributed by atoms with Crippen LogP contribution in [0.4, 0.5) is 17.1 Å². The van der Waals surface area contributed by atoms with Crippen molar-refractivity contribution >= 4 is 34.0 Å². The highest BCUT2D eigenvalue weighted by molar-refractivity contribution is 6.02. The van der Waals surface area contributed by atoms with Gasteiger partial charge in [0.2, 0.25) is 0 Å². The number of piperazine rings is 1. The van der Waals surface area contributed by atoms with Crippen molar-refractivity contribution in [2.75, 3.05) is 41.3 Å². The summed E-state index contributed by atoms with van der Waals surface area (Å²) in [6.45, 7) is 4.74. The highest BCUT2D eigenvalue weighted by Crippen LogP contribution is 2.23. The fourth-order valence-electron chi connectivity index (χ4n) is 4.42. The summed E-state index contributed by atoms with van der Waals surface area (Å²) < 4.78 is 1.22. The molecule has 1 N–H and O–H groups in total. The lowest BCUT2D eigenvalue weighted by Gasteiger charge is -2.37. The molecule has 4 aromatic rings. The molecule has 0 saturated carbocycles. The second kappa shape index (κ2) is 8.90. The van der Waals surface area contributed by atoms with Crippen LogP contribution in [0.1, 0.15) is 16.2 Å². The molecule has 0 aliphatic carbocycles. The van der Waals surface area contributed by atoms with E-state index in [-0.39, 0.29) is 22.4 Å². The molecule has 34 heavy (non-hydrogen) atoms. The van der Waals surface area contributed by atoms with E-state index >= 15 is 0 Å². The van der Waals surface area contributed by atoms with Crippen LogP contribution in [0.3, 0.4) is 0 Å². The number of nitrogens with one attached hydrogen (secondary N) is 1. The topological polar surface area (TPSA) is 89.5 Å². The number of hydrogen-bond acceptors (Lipinski definition) is 5. The molecule has 1 aliphatic heterocycles. The van der Waals surface area contributed by atoms with Gasteiger partial charge in [0.05, 0.1) is 0 Å². The van der Waals surface area contributed by atoms with Crippen LogP contribution in [0.5, 0.6) is 0 Å². The summed E-state index contributed by atoms with van der Waals surface area (Å²) >= 11 is 0. The summed E-state index contributed by atoms with van der Waals surface area (Å²) in [6.07, 6.45) is 0. The second-order valence-electron chi connectivity index (χ2n) is 8.33. The Morgan fingerprint density at radius 3 is 2.00 bits per heavy atom. The van der Waals surface area contributed by atoms with Crippen molar-refractivity contribution in [3.63, 3.8) is 0 Å². The molecule has 0 unspecified atom stereocenters. The number of aromatic nitrogens is 2. The standard InChI is InChI=1S/C26H25N5O3/c1-19-25(26(32)27-20-8-4-2-5-9-20)31(34)24-18-22(12-13-23(24)30(19)33)29-16-14-28(15-17-29)21-10-6-3-7-11-21/h2-13,18H,14-17H2,1H3,(H,27,32). The maximum absolute atomic E-state index is 13.3. The average molecular weight is 456 g/mol. The van der Waals surface area contributed by atoms with Gasteiger partial charge in [-0.05, 0) is 30.3 Å². The third-order valence-corrected chi connectivity index (χ3v) is 6.26. The number of rotatable bonds is 4. The largest absolute Gasteiger partial charge is 0.618 e. The van der Waals surface area contributed by atoms with Crippen molar-refractivity contribution in [3.8, 4) is 0 Å². The van der Waals surface area contributed by atoms with Crippen molar-refractivity contribution in [1.29, 1.82) is 0 Å². The van der Waals surface area contributed by atoms with Crippen LogP contribution in [-0.4, -0.2) is 32.1 Å². The van der Waals surface area contributed by atoms with E-state index in [1.807, 2.05) is 30.3 Å². The number of anilines is 3. The van der Waals surface area contributed by atoms with Crippen LogP contribution in [-0.2, 0) is 0 Å². The van der Waals surface area contributed by atoms with Gasteiger partial charge in [0, 0.05) is 62.3 Å². The van der Waals surface area contributed by atoms with Crippen molar-refractivity contribution in [3.05, 3.63) is 101 Å². The Morgan fingerprint density at radius 1 is 0.765 bits per heavy atom. The summed E-state index contributed by atoms with van der Waals surface area (Å²) in [6, 6.07) is 24.3. The molecule has 0 bridgehead atoms. The number of nitrogens with zero attached hydrogens (tertiary/aromatic N) is 4. The van der Waals surface area contributed by atoms with Gasteiger partial charge in [0.15, 0.2) is 0 Å². The van der Waals surface area contributed by atoms with Crippen molar-refractivity contribution in [2.24, 2.45) is 0 Å². The number of carbonyl (C=O) groups excluding carboxylic acids is 1. The van der Waals surface area contributed by atoms with Gasteiger partial charge < -0.3 is 25.5 Å². The zero-order valence-corrected chi connectivity index (χ0v) is 18.8. The van der Waals surface area contributed by atoms with E-state index in [4.69, 9.17) is 0 Å². The Hall–Kier alpha value is -4.33. The quantitative estimate of drug-likeness (QED) is 0.378. The smallest absolute Gasteiger partial charge is 0.351 e. The minimum absolute atomic E-state index is 0.0557.